The molecule has 3 rings (SSSR count). The van der Waals surface area contributed by atoms with E-state index in [2.05, 4.69) is 10.6 Å². The molecule has 1 fully saturated rings. The van der Waals surface area contributed by atoms with Gasteiger partial charge in [0.2, 0.25) is 5.91 Å². The summed E-state index contributed by atoms with van der Waals surface area (Å²) in [5, 5.41) is 5.57. The first-order chi connectivity index (χ1) is 18.1. The Balaban J connectivity index is 1.61. The van der Waals surface area contributed by atoms with Crippen LogP contribution in [0, 0.1) is 0 Å². The normalized spacial score (nSPS) is 15.5. The number of benzene rings is 2. The molecule has 206 valence electrons. The van der Waals surface area contributed by atoms with Crippen LogP contribution in [0.25, 0.3) is 0 Å². The molecule has 2 aromatic carbocycles. The Morgan fingerprint density at radius 2 is 1.50 bits per heavy atom. The number of urea groups is 1. The molecule has 0 spiro atoms. The Labute approximate surface area is 226 Å². The van der Waals surface area contributed by atoms with Crippen molar-refractivity contribution in [1.29, 1.82) is 0 Å². The minimum absolute atomic E-state index is 0.242. The predicted octanol–water partition coefficient (Wildman–Crippen LogP) is 4.61. The lowest BCUT2D eigenvalue weighted by atomic mass is 10.0. The minimum Gasteiger partial charge on any atom is -0.489 e. The van der Waals surface area contributed by atoms with Gasteiger partial charge in [0.05, 0.1) is 0 Å². The molecule has 8 heteroatoms. The molecule has 3 amide bonds. The summed E-state index contributed by atoms with van der Waals surface area (Å²) in [6.07, 6.45) is 4.39. The van der Waals surface area contributed by atoms with Crippen molar-refractivity contribution in [2.75, 3.05) is 13.1 Å². The van der Waals surface area contributed by atoms with E-state index >= 15 is 0 Å². The second-order valence-corrected chi connectivity index (χ2v) is 10.8. The van der Waals surface area contributed by atoms with E-state index in [1.807, 2.05) is 54.6 Å². The fourth-order valence-electron chi connectivity index (χ4n) is 4.18. The van der Waals surface area contributed by atoms with E-state index in [1.165, 1.54) is 0 Å². The van der Waals surface area contributed by atoms with Crippen molar-refractivity contribution in [3.8, 4) is 5.75 Å². The van der Waals surface area contributed by atoms with Gasteiger partial charge in [0.25, 0.3) is 0 Å². The molecule has 0 aromatic heterocycles. The molecule has 0 bridgehead atoms. The van der Waals surface area contributed by atoms with Gasteiger partial charge in [-0.15, -0.1) is 0 Å². The Bertz CT molecular complexity index is 1040. The van der Waals surface area contributed by atoms with Crippen LogP contribution in [-0.2, 0) is 27.4 Å². The van der Waals surface area contributed by atoms with Crippen molar-refractivity contribution in [1.82, 2.24) is 15.5 Å². The van der Waals surface area contributed by atoms with Crippen LogP contribution in [0.1, 0.15) is 64.5 Å². The lowest BCUT2D eigenvalue weighted by Gasteiger charge is -2.27. The summed E-state index contributed by atoms with van der Waals surface area (Å²) >= 11 is 0. The van der Waals surface area contributed by atoms with E-state index in [0.717, 1.165) is 36.8 Å². The Hall–Kier alpha value is -3.55. The number of carbonyl (C=O) groups excluding carboxylic acids is 3. The van der Waals surface area contributed by atoms with Crippen LogP contribution in [0.2, 0.25) is 0 Å². The Kier molecular flexibility index (Phi) is 10.6. The molecular weight excluding hydrogens is 482 g/mol. The predicted molar refractivity (Wildman–Crippen MR) is 147 cm³/mol. The third-order valence-corrected chi connectivity index (χ3v) is 6.25. The molecule has 1 aliphatic rings. The second kappa shape index (κ2) is 13.8. The van der Waals surface area contributed by atoms with Gasteiger partial charge in [0, 0.05) is 19.5 Å². The van der Waals surface area contributed by atoms with Crippen molar-refractivity contribution < 1.29 is 23.9 Å². The van der Waals surface area contributed by atoms with E-state index in [-0.39, 0.29) is 12.5 Å². The first-order valence-corrected chi connectivity index (χ1v) is 13.4. The zero-order chi connectivity index (χ0) is 27.5. The highest BCUT2D eigenvalue weighted by Crippen LogP contribution is 2.17. The molecule has 8 nitrogen and oxygen atoms in total. The SMILES string of the molecule is CC(NC(=O)N1CCCCCC1)C(=O)NC(Cc1ccc(OCc2ccccc2)cc1)C(=O)OC(C)(C)C. The van der Waals surface area contributed by atoms with Crippen molar-refractivity contribution >= 4 is 17.9 Å². The number of nitrogens with one attached hydrogen (secondary N) is 2. The largest absolute Gasteiger partial charge is 0.489 e. The van der Waals surface area contributed by atoms with Crippen LogP contribution in [0.5, 0.6) is 5.75 Å². The zero-order valence-electron chi connectivity index (χ0n) is 23.0. The number of amides is 3. The average molecular weight is 524 g/mol. The van der Waals surface area contributed by atoms with Crippen LogP contribution in [0.4, 0.5) is 4.79 Å². The van der Waals surface area contributed by atoms with Gasteiger partial charge in [-0.3, -0.25) is 4.79 Å². The number of nitrogens with zero attached hydrogens (tertiary/aromatic N) is 1. The Morgan fingerprint density at radius 3 is 2.11 bits per heavy atom. The molecule has 1 saturated heterocycles. The maximum atomic E-state index is 13.0. The second-order valence-electron chi connectivity index (χ2n) is 10.8. The van der Waals surface area contributed by atoms with Crippen LogP contribution in [-0.4, -0.2) is 53.6 Å². The highest BCUT2D eigenvalue weighted by molar-refractivity contribution is 5.90. The lowest BCUT2D eigenvalue weighted by molar-refractivity contribution is -0.158. The summed E-state index contributed by atoms with van der Waals surface area (Å²) in [6, 6.07) is 15.4. The summed E-state index contributed by atoms with van der Waals surface area (Å²) < 4.78 is 11.4. The Morgan fingerprint density at radius 1 is 0.868 bits per heavy atom. The van der Waals surface area contributed by atoms with Gasteiger partial charge in [-0.05, 0) is 63.8 Å². The number of carbonyl (C=O) groups is 3. The number of hydrogen-bond acceptors (Lipinski definition) is 5. The summed E-state index contributed by atoms with van der Waals surface area (Å²) in [7, 11) is 0. The number of likely N-dealkylation sites (tertiary alicyclic amines) is 1. The average Bonchev–Trinajstić information content (AvgIpc) is 3.17. The molecule has 1 heterocycles. The van der Waals surface area contributed by atoms with Crippen molar-refractivity contribution in [3.63, 3.8) is 0 Å². The first-order valence-electron chi connectivity index (χ1n) is 13.4. The van der Waals surface area contributed by atoms with Crippen LogP contribution in [0.15, 0.2) is 54.6 Å². The summed E-state index contributed by atoms with van der Waals surface area (Å²) in [4.78, 5) is 40.4. The van der Waals surface area contributed by atoms with E-state index in [0.29, 0.717) is 25.4 Å². The van der Waals surface area contributed by atoms with E-state index < -0.39 is 29.6 Å². The maximum absolute atomic E-state index is 13.0. The molecule has 1 aliphatic heterocycles. The van der Waals surface area contributed by atoms with Gasteiger partial charge in [-0.25, -0.2) is 9.59 Å². The van der Waals surface area contributed by atoms with Crippen molar-refractivity contribution in [2.45, 2.75) is 84.1 Å². The van der Waals surface area contributed by atoms with Crippen molar-refractivity contribution in [3.05, 3.63) is 65.7 Å². The monoisotopic (exact) mass is 523 g/mol. The van der Waals surface area contributed by atoms with E-state index in [1.54, 1.807) is 32.6 Å². The minimum atomic E-state index is -0.907. The number of esters is 1. The molecule has 2 unspecified atom stereocenters. The quantitative estimate of drug-likeness (QED) is 0.468. The molecule has 0 radical (unpaired) electrons. The number of ether oxygens (including phenoxy) is 2. The lowest BCUT2D eigenvalue weighted by Crippen LogP contribution is -2.54. The summed E-state index contributed by atoms with van der Waals surface area (Å²) in [5.41, 5.74) is 1.21. The van der Waals surface area contributed by atoms with Gasteiger partial charge in [-0.2, -0.15) is 0 Å². The summed E-state index contributed by atoms with van der Waals surface area (Å²) in [6.45, 7) is 8.80. The molecule has 0 aliphatic carbocycles. The molecular formula is C30H41N3O5. The molecule has 2 atom stereocenters. The fraction of sp³-hybridized carbons (Fsp3) is 0.500. The number of rotatable bonds is 9. The molecule has 0 saturated carbocycles. The van der Waals surface area contributed by atoms with Crippen LogP contribution >= 0.6 is 0 Å². The van der Waals surface area contributed by atoms with E-state index in [9.17, 15) is 14.4 Å². The molecule has 2 aromatic rings. The smallest absolute Gasteiger partial charge is 0.329 e. The maximum Gasteiger partial charge on any atom is 0.329 e. The van der Waals surface area contributed by atoms with Gasteiger partial charge in [-0.1, -0.05) is 55.3 Å². The number of hydrogen-bond donors (Lipinski definition) is 2. The molecule has 38 heavy (non-hydrogen) atoms. The van der Waals surface area contributed by atoms with Crippen LogP contribution < -0.4 is 15.4 Å². The highest BCUT2D eigenvalue weighted by Gasteiger charge is 2.29. The van der Waals surface area contributed by atoms with Gasteiger partial charge in [0.15, 0.2) is 0 Å². The topological polar surface area (TPSA) is 97.0 Å². The van der Waals surface area contributed by atoms with Crippen LogP contribution in [0.3, 0.4) is 0 Å². The van der Waals surface area contributed by atoms with E-state index in [4.69, 9.17) is 9.47 Å². The first kappa shape index (κ1) is 29.0. The molecule has 2 N–H and O–H groups in total. The van der Waals surface area contributed by atoms with Gasteiger partial charge >= 0.3 is 12.0 Å². The standard InChI is InChI=1S/C30H41N3O5/c1-22(31-29(36)33-18-10-5-6-11-19-33)27(34)32-26(28(35)38-30(2,3)4)20-23-14-16-25(17-15-23)37-21-24-12-8-7-9-13-24/h7-9,12-17,22,26H,5-6,10-11,18-21H2,1-4H3,(H,31,36)(H,32,34). The highest BCUT2D eigenvalue weighted by atomic mass is 16.6. The third kappa shape index (κ3) is 9.72. The third-order valence-electron chi connectivity index (χ3n) is 6.25. The summed E-state index contributed by atoms with van der Waals surface area (Å²) in [5.74, 6) is -0.256. The van der Waals surface area contributed by atoms with Gasteiger partial charge in [0.1, 0.15) is 30.0 Å². The zero-order valence-corrected chi connectivity index (χ0v) is 23.0. The fourth-order valence-corrected chi connectivity index (χ4v) is 4.18. The van der Waals surface area contributed by atoms with Gasteiger partial charge < -0.3 is 25.0 Å². The van der Waals surface area contributed by atoms with Crippen molar-refractivity contribution in [2.24, 2.45) is 0 Å².